The van der Waals surface area contributed by atoms with Crippen molar-refractivity contribution in [2.45, 2.75) is 41.2 Å². The number of amides is 2. The molecule has 0 saturated heterocycles. The molecule has 0 atom stereocenters. The van der Waals surface area contributed by atoms with Crippen molar-refractivity contribution in [2.75, 3.05) is 43.9 Å². The van der Waals surface area contributed by atoms with Gasteiger partial charge in [-0.1, -0.05) is 50.2 Å². The van der Waals surface area contributed by atoms with E-state index < -0.39 is 6.09 Å². The van der Waals surface area contributed by atoms with Crippen LogP contribution in [-0.4, -0.2) is 70.0 Å². The Balaban J connectivity index is 1.15. The second-order valence-corrected chi connectivity index (χ2v) is 12.7. The lowest BCUT2D eigenvalue weighted by molar-refractivity contribution is 0.0779. The van der Waals surface area contributed by atoms with Gasteiger partial charge in [-0.05, 0) is 92.0 Å². The van der Waals surface area contributed by atoms with Crippen LogP contribution in [0.3, 0.4) is 0 Å². The van der Waals surface area contributed by atoms with Crippen molar-refractivity contribution >= 4 is 40.8 Å². The molecule has 5 rings (SSSR count). The highest BCUT2D eigenvalue weighted by atomic mass is 32.1. The zero-order valence-corrected chi connectivity index (χ0v) is 29.7. The van der Waals surface area contributed by atoms with E-state index in [-0.39, 0.29) is 24.3 Å². The number of hydrogen-bond acceptors (Lipinski definition) is 9. The van der Waals surface area contributed by atoms with Crippen LogP contribution in [0.5, 0.6) is 0 Å². The van der Waals surface area contributed by atoms with Gasteiger partial charge < -0.3 is 19.9 Å². The average molecular weight is 678 g/mol. The number of benzene rings is 3. The Labute approximate surface area is 292 Å². The van der Waals surface area contributed by atoms with Crippen LogP contribution in [0.15, 0.2) is 78.3 Å². The van der Waals surface area contributed by atoms with Crippen LogP contribution >= 0.6 is 11.3 Å². The summed E-state index contributed by atoms with van der Waals surface area (Å²) >= 11 is 1.52. The van der Waals surface area contributed by atoms with Gasteiger partial charge in [0.25, 0.3) is 5.91 Å². The summed E-state index contributed by atoms with van der Waals surface area (Å²) in [5, 5.41) is 8.54. The largest absolute Gasteiger partial charge is 0.443 e. The first-order valence-corrected chi connectivity index (χ1v) is 17.3. The molecule has 0 aliphatic carbocycles. The number of nitrogens with zero attached hydrogens (tertiary/aromatic N) is 5. The van der Waals surface area contributed by atoms with E-state index in [1.807, 2.05) is 24.6 Å². The topological polar surface area (TPSA) is 113 Å². The molecule has 49 heavy (non-hydrogen) atoms. The molecule has 2 amide bonds. The third-order valence-electron chi connectivity index (χ3n) is 8.68. The van der Waals surface area contributed by atoms with Gasteiger partial charge in [0.15, 0.2) is 0 Å². The molecule has 2 N–H and O–H groups in total. The lowest BCUT2D eigenvalue weighted by Crippen LogP contribution is -2.36. The van der Waals surface area contributed by atoms with E-state index in [1.54, 1.807) is 35.2 Å². The van der Waals surface area contributed by atoms with Crippen molar-refractivity contribution in [2.24, 2.45) is 0 Å². The Morgan fingerprint density at radius 3 is 2.31 bits per heavy atom. The van der Waals surface area contributed by atoms with E-state index >= 15 is 0 Å². The van der Waals surface area contributed by atoms with E-state index in [0.29, 0.717) is 23.5 Å². The quantitative estimate of drug-likeness (QED) is 0.129. The van der Waals surface area contributed by atoms with Crippen LogP contribution in [0.2, 0.25) is 0 Å². The number of hydrogen-bond donors (Lipinski definition) is 2. The summed E-state index contributed by atoms with van der Waals surface area (Å²) in [5.74, 6) is 0.529. The predicted octanol–water partition coefficient (Wildman–Crippen LogP) is 8.10. The highest BCUT2D eigenvalue weighted by Crippen LogP contribution is 2.36. The summed E-state index contributed by atoms with van der Waals surface area (Å²) in [4.78, 5) is 43.0. The Hall–Kier alpha value is -5.13. The van der Waals surface area contributed by atoms with Crippen LogP contribution in [0.4, 0.5) is 22.2 Å². The fourth-order valence-electron chi connectivity index (χ4n) is 5.40. The van der Waals surface area contributed by atoms with E-state index in [1.165, 1.54) is 39.8 Å². The van der Waals surface area contributed by atoms with Crippen molar-refractivity contribution in [1.82, 2.24) is 24.8 Å². The SMILES string of the molecule is CCN(CC)CCN(C)C(=O)c1ccc(Nc2nccc(NC(=O)OCc3csc(-c4ccccc4-c4ccc(C)c(C)c4C)n3)n2)cc1. The Kier molecular flexibility index (Phi) is 11.7. The predicted molar refractivity (Wildman–Crippen MR) is 198 cm³/mol. The summed E-state index contributed by atoms with van der Waals surface area (Å²) in [6.45, 7) is 14.1. The second kappa shape index (κ2) is 16.3. The number of rotatable bonds is 13. The molecule has 3 aromatic carbocycles. The standard InChI is InChI=1S/C38H43N7O3S/c1-7-45(8-2)22-21-44(6)36(46)28-14-16-29(17-15-28)41-37-39-20-19-34(42-37)43-38(47)48-23-30-24-49-35(40-30)33-12-10-9-11-32(33)31-18-13-25(3)26(4)27(31)5/h9-20,24H,7-8,21-23H2,1-6H3,(H2,39,41,42,43,47). The van der Waals surface area contributed by atoms with Crippen LogP contribution in [-0.2, 0) is 11.3 Å². The Morgan fingerprint density at radius 1 is 0.837 bits per heavy atom. The minimum Gasteiger partial charge on any atom is -0.443 e. The third-order valence-corrected chi connectivity index (χ3v) is 9.60. The minimum atomic E-state index is -0.654. The van der Waals surface area contributed by atoms with Gasteiger partial charge in [-0.15, -0.1) is 11.3 Å². The Morgan fingerprint density at radius 2 is 1.57 bits per heavy atom. The van der Waals surface area contributed by atoms with Gasteiger partial charge in [0, 0.05) is 48.5 Å². The van der Waals surface area contributed by atoms with Crippen LogP contribution in [0, 0.1) is 20.8 Å². The van der Waals surface area contributed by atoms with E-state index in [0.717, 1.165) is 35.8 Å². The lowest BCUT2D eigenvalue weighted by Gasteiger charge is -2.23. The summed E-state index contributed by atoms with van der Waals surface area (Å²) in [7, 11) is 1.82. The van der Waals surface area contributed by atoms with Gasteiger partial charge in [-0.2, -0.15) is 4.98 Å². The fraction of sp³-hybridized carbons (Fsp3) is 0.289. The van der Waals surface area contributed by atoms with Gasteiger partial charge >= 0.3 is 6.09 Å². The van der Waals surface area contributed by atoms with Crippen molar-refractivity contribution in [3.8, 4) is 21.7 Å². The molecule has 0 fully saturated rings. The summed E-state index contributed by atoms with van der Waals surface area (Å²) in [6.07, 6.45) is 0.882. The molecular weight excluding hydrogens is 635 g/mol. The van der Waals surface area contributed by atoms with Gasteiger partial charge in [0.1, 0.15) is 17.4 Å². The second-order valence-electron chi connectivity index (χ2n) is 11.8. The number of likely N-dealkylation sites (N-methyl/N-ethyl adjacent to an activating group) is 2. The van der Waals surface area contributed by atoms with Crippen molar-refractivity contribution < 1.29 is 14.3 Å². The molecule has 0 saturated carbocycles. The number of nitrogens with one attached hydrogen (secondary N) is 2. The smallest absolute Gasteiger partial charge is 0.413 e. The monoisotopic (exact) mass is 677 g/mol. The number of carbonyl (C=O) groups excluding carboxylic acids is 2. The van der Waals surface area contributed by atoms with Crippen molar-refractivity contribution in [1.29, 1.82) is 0 Å². The molecule has 0 aliphatic heterocycles. The molecule has 0 aliphatic rings. The molecule has 2 heterocycles. The minimum absolute atomic E-state index is 0.0130. The zero-order chi connectivity index (χ0) is 34.9. The van der Waals surface area contributed by atoms with Crippen LogP contribution < -0.4 is 10.6 Å². The van der Waals surface area contributed by atoms with Crippen molar-refractivity contribution in [3.05, 3.63) is 106 Å². The van der Waals surface area contributed by atoms with Gasteiger partial charge in [-0.3, -0.25) is 10.1 Å². The number of carbonyl (C=O) groups is 2. The van der Waals surface area contributed by atoms with Gasteiger partial charge in [0.05, 0.1) is 5.69 Å². The van der Waals surface area contributed by atoms with Gasteiger partial charge in [0.2, 0.25) is 5.95 Å². The summed E-state index contributed by atoms with van der Waals surface area (Å²) in [6, 6.07) is 21.3. The first-order chi connectivity index (χ1) is 23.7. The lowest BCUT2D eigenvalue weighted by atomic mass is 9.91. The molecular formula is C38H43N7O3S. The highest BCUT2D eigenvalue weighted by molar-refractivity contribution is 7.13. The maximum absolute atomic E-state index is 12.9. The molecule has 2 aromatic heterocycles. The molecule has 254 valence electrons. The van der Waals surface area contributed by atoms with Gasteiger partial charge in [-0.25, -0.2) is 14.8 Å². The number of aryl methyl sites for hydroxylation is 1. The molecule has 0 radical (unpaired) electrons. The Bertz CT molecular complexity index is 1900. The van der Waals surface area contributed by atoms with E-state index in [4.69, 9.17) is 9.72 Å². The highest BCUT2D eigenvalue weighted by Gasteiger charge is 2.16. The molecule has 5 aromatic rings. The van der Waals surface area contributed by atoms with E-state index in [2.05, 4.69) is 84.4 Å². The first-order valence-electron chi connectivity index (χ1n) is 16.4. The summed E-state index contributed by atoms with van der Waals surface area (Å²) in [5.41, 5.74) is 9.10. The third kappa shape index (κ3) is 8.87. The van der Waals surface area contributed by atoms with Crippen LogP contribution in [0.1, 0.15) is 46.6 Å². The molecule has 0 spiro atoms. The summed E-state index contributed by atoms with van der Waals surface area (Å²) < 4.78 is 5.47. The number of aromatic nitrogens is 3. The number of ether oxygens (including phenoxy) is 1. The van der Waals surface area contributed by atoms with Crippen LogP contribution in [0.25, 0.3) is 21.7 Å². The number of anilines is 3. The number of thiazole rings is 1. The first kappa shape index (κ1) is 35.2. The van der Waals surface area contributed by atoms with E-state index in [9.17, 15) is 9.59 Å². The zero-order valence-electron chi connectivity index (χ0n) is 28.9. The molecule has 10 nitrogen and oxygen atoms in total. The molecule has 0 unspecified atom stereocenters. The average Bonchev–Trinajstić information content (AvgIpc) is 3.59. The maximum Gasteiger partial charge on any atom is 0.413 e. The molecule has 11 heteroatoms. The normalized spacial score (nSPS) is 11.0. The van der Waals surface area contributed by atoms with Crippen molar-refractivity contribution in [3.63, 3.8) is 0 Å². The fourth-order valence-corrected chi connectivity index (χ4v) is 6.24. The maximum atomic E-state index is 12.9. The molecule has 0 bridgehead atoms.